The fourth-order valence-corrected chi connectivity index (χ4v) is 7.02. The first-order valence-corrected chi connectivity index (χ1v) is 14.2. The molecule has 34 heavy (non-hydrogen) atoms. The van der Waals surface area contributed by atoms with Crippen LogP contribution in [-0.2, 0) is 14.6 Å². The first-order chi connectivity index (χ1) is 16.2. The molecule has 2 atom stereocenters. The van der Waals surface area contributed by atoms with Crippen molar-refractivity contribution >= 4 is 27.5 Å². The molecule has 2 heterocycles. The van der Waals surface area contributed by atoms with Gasteiger partial charge in [0, 0.05) is 24.3 Å². The number of hydrogen-bond acceptors (Lipinski definition) is 5. The Kier molecular flexibility index (Phi) is 7.19. The van der Waals surface area contributed by atoms with Gasteiger partial charge in [0.25, 0.3) is 0 Å². The lowest BCUT2D eigenvalue weighted by Crippen LogP contribution is -2.41. The van der Waals surface area contributed by atoms with Crippen LogP contribution in [0.5, 0.6) is 0 Å². The van der Waals surface area contributed by atoms with Crippen LogP contribution in [0.25, 0.3) is 16.9 Å². The first-order valence-electron chi connectivity index (χ1n) is 11.5. The van der Waals surface area contributed by atoms with Crippen LogP contribution in [0.2, 0.25) is 0 Å². The highest BCUT2D eigenvalue weighted by molar-refractivity contribution is 8.00. The van der Waals surface area contributed by atoms with Crippen molar-refractivity contribution in [2.45, 2.75) is 49.6 Å². The zero-order chi connectivity index (χ0) is 24.5. The third-order valence-corrected chi connectivity index (χ3v) is 9.16. The molecule has 0 spiro atoms. The Morgan fingerprint density at radius 1 is 1.09 bits per heavy atom. The average Bonchev–Trinajstić information content (AvgIpc) is 3.41. The molecule has 8 heteroatoms. The van der Waals surface area contributed by atoms with Crippen molar-refractivity contribution in [1.29, 1.82) is 0 Å². The zero-order valence-electron chi connectivity index (χ0n) is 20.0. The van der Waals surface area contributed by atoms with Crippen LogP contribution in [0.4, 0.5) is 0 Å². The number of aromatic nitrogens is 2. The normalized spacial score (nSPS) is 18.2. The van der Waals surface area contributed by atoms with Crippen LogP contribution in [0, 0.1) is 0 Å². The fourth-order valence-electron chi connectivity index (χ4n) is 4.24. The number of nitrogens with zero attached hydrogens (tertiary/aromatic N) is 3. The summed E-state index contributed by atoms with van der Waals surface area (Å²) in [6.07, 6.45) is 2.34. The Morgan fingerprint density at radius 3 is 2.35 bits per heavy atom. The molecule has 6 nitrogen and oxygen atoms in total. The molecule has 180 valence electrons. The number of amides is 1. The maximum atomic E-state index is 13.2. The molecular formula is C26H31N3O3S2. The van der Waals surface area contributed by atoms with E-state index in [2.05, 4.69) is 47.7 Å². The summed E-state index contributed by atoms with van der Waals surface area (Å²) in [5, 5.41) is 0.317. The van der Waals surface area contributed by atoms with Gasteiger partial charge in [-0.1, -0.05) is 68.1 Å². The SMILES string of the molecule is CC(C)c1ccc(-n2c(-c3ccccc3)cnc2S[C@@H](C)C(=O)N(C)[C@@H]2CCS(=O)(=O)C2)cc1. The molecule has 1 aliphatic rings. The molecule has 1 saturated heterocycles. The van der Waals surface area contributed by atoms with Gasteiger partial charge in [0.05, 0.1) is 28.6 Å². The summed E-state index contributed by atoms with van der Waals surface area (Å²) in [7, 11) is -1.35. The van der Waals surface area contributed by atoms with E-state index in [0.29, 0.717) is 12.3 Å². The highest BCUT2D eigenvalue weighted by atomic mass is 32.2. The third kappa shape index (κ3) is 5.23. The van der Waals surface area contributed by atoms with Crippen molar-refractivity contribution in [3.63, 3.8) is 0 Å². The van der Waals surface area contributed by atoms with Gasteiger partial charge in [-0.15, -0.1) is 0 Å². The summed E-state index contributed by atoms with van der Waals surface area (Å²) in [4.78, 5) is 19.5. The van der Waals surface area contributed by atoms with Gasteiger partial charge in [0.2, 0.25) is 5.91 Å². The molecule has 1 fully saturated rings. The maximum absolute atomic E-state index is 13.2. The minimum atomic E-state index is -3.06. The topological polar surface area (TPSA) is 72.3 Å². The van der Waals surface area contributed by atoms with E-state index >= 15 is 0 Å². The Bertz CT molecular complexity index is 1250. The lowest BCUT2D eigenvalue weighted by molar-refractivity contribution is -0.130. The van der Waals surface area contributed by atoms with Crippen molar-refractivity contribution in [1.82, 2.24) is 14.5 Å². The van der Waals surface area contributed by atoms with Crippen LogP contribution in [0.15, 0.2) is 66.0 Å². The predicted octanol–water partition coefficient (Wildman–Crippen LogP) is 4.79. The number of sulfone groups is 1. The molecule has 0 bridgehead atoms. The summed E-state index contributed by atoms with van der Waals surface area (Å²) in [5.41, 5.74) is 4.24. The van der Waals surface area contributed by atoms with E-state index < -0.39 is 15.1 Å². The third-order valence-electron chi connectivity index (χ3n) is 6.35. The van der Waals surface area contributed by atoms with E-state index in [1.165, 1.54) is 17.3 Å². The quantitative estimate of drug-likeness (QED) is 0.439. The summed E-state index contributed by atoms with van der Waals surface area (Å²) >= 11 is 1.40. The molecule has 0 radical (unpaired) electrons. The van der Waals surface area contributed by atoms with Gasteiger partial charge in [-0.05, 0) is 37.0 Å². The second-order valence-corrected chi connectivity index (χ2v) is 12.7. The van der Waals surface area contributed by atoms with Crippen LogP contribution >= 0.6 is 11.8 Å². The van der Waals surface area contributed by atoms with E-state index in [9.17, 15) is 13.2 Å². The molecule has 1 aliphatic heterocycles. The number of carbonyl (C=O) groups is 1. The Balaban J connectivity index is 1.64. The van der Waals surface area contributed by atoms with Gasteiger partial charge < -0.3 is 4.90 Å². The maximum Gasteiger partial charge on any atom is 0.235 e. The second-order valence-electron chi connectivity index (χ2n) is 9.14. The van der Waals surface area contributed by atoms with Crippen molar-refractivity contribution in [2.24, 2.45) is 0 Å². The number of rotatable bonds is 7. The Morgan fingerprint density at radius 2 is 1.76 bits per heavy atom. The van der Waals surface area contributed by atoms with E-state index in [4.69, 9.17) is 0 Å². The van der Waals surface area contributed by atoms with Crippen molar-refractivity contribution < 1.29 is 13.2 Å². The van der Waals surface area contributed by atoms with Crippen LogP contribution in [0.3, 0.4) is 0 Å². The molecule has 4 rings (SSSR count). The predicted molar refractivity (Wildman–Crippen MR) is 138 cm³/mol. The van der Waals surface area contributed by atoms with Crippen molar-refractivity contribution in [3.8, 4) is 16.9 Å². The summed E-state index contributed by atoms with van der Waals surface area (Å²) in [6, 6.07) is 18.3. The molecule has 1 amide bonds. The average molecular weight is 498 g/mol. The lowest BCUT2D eigenvalue weighted by atomic mass is 10.0. The largest absolute Gasteiger partial charge is 0.341 e. The standard InChI is InChI=1S/C26H31N3O3S2/c1-18(2)20-10-12-22(13-11-20)29-24(21-8-6-5-7-9-21)16-27-26(29)33-19(3)25(30)28(4)23-14-15-34(31,32)17-23/h5-13,16,18-19,23H,14-15,17H2,1-4H3/t19-,23+/m0/s1. The molecule has 0 N–H and O–H groups in total. The summed E-state index contributed by atoms with van der Waals surface area (Å²) in [6.45, 7) is 6.20. The van der Waals surface area contributed by atoms with E-state index in [1.807, 2.05) is 43.5 Å². The Labute approximate surface area is 206 Å². The highest BCUT2D eigenvalue weighted by Crippen LogP contribution is 2.33. The molecule has 0 saturated carbocycles. The number of hydrogen-bond donors (Lipinski definition) is 0. The molecule has 3 aromatic rings. The smallest absolute Gasteiger partial charge is 0.235 e. The lowest BCUT2D eigenvalue weighted by Gasteiger charge is -2.26. The Hall–Kier alpha value is -2.58. The van der Waals surface area contributed by atoms with Crippen molar-refractivity contribution in [3.05, 3.63) is 66.4 Å². The van der Waals surface area contributed by atoms with E-state index in [1.54, 1.807) is 11.9 Å². The number of carbonyl (C=O) groups excluding carboxylic acids is 1. The van der Waals surface area contributed by atoms with Gasteiger partial charge in [-0.3, -0.25) is 9.36 Å². The monoisotopic (exact) mass is 497 g/mol. The molecule has 0 unspecified atom stereocenters. The van der Waals surface area contributed by atoms with Crippen molar-refractivity contribution in [2.75, 3.05) is 18.6 Å². The summed E-state index contributed by atoms with van der Waals surface area (Å²) < 4.78 is 25.8. The number of imidazole rings is 1. The molecule has 0 aliphatic carbocycles. The summed E-state index contributed by atoms with van der Waals surface area (Å²) in [5.74, 6) is 0.542. The van der Waals surface area contributed by atoms with Crippen LogP contribution in [0.1, 0.15) is 38.7 Å². The minimum Gasteiger partial charge on any atom is -0.341 e. The highest BCUT2D eigenvalue weighted by Gasteiger charge is 2.34. The number of benzene rings is 2. The minimum absolute atomic E-state index is 0.0433. The number of thioether (sulfide) groups is 1. The van der Waals surface area contributed by atoms with Gasteiger partial charge in [0.1, 0.15) is 0 Å². The molecule has 2 aromatic carbocycles. The van der Waals surface area contributed by atoms with Gasteiger partial charge >= 0.3 is 0 Å². The van der Waals surface area contributed by atoms with E-state index in [0.717, 1.165) is 22.1 Å². The first kappa shape index (κ1) is 24.5. The molecule has 1 aromatic heterocycles. The van der Waals surface area contributed by atoms with Gasteiger partial charge in [-0.2, -0.15) is 0 Å². The molecular weight excluding hydrogens is 466 g/mol. The van der Waals surface area contributed by atoms with Gasteiger partial charge in [-0.25, -0.2) is 13.4 Å². The van der Waals surface area contributed by atoms with Gasteiger partial charge in [0.15, 0.2) is 15.0 Å². The zero-order valence-corrected chi connectivity index (χ0v) is 21.6. The van der Waals surface area contributed by atoms with Crippen LogP contribution < -0.4 is 0 Å². The van der Waals surface area contributed by atoms with Crippen LogP contribution in [-0.4, -0.2) is 58.6 Å². The fraction of sp³-hybridized carbons (Fsp3) is 0.385. The van der Waals surface area contributed by atoms with E-state index in [-0.39, 0.29) is 23.5 Å². The second kappa shape index (κ2) is 9.96.